The first-order valence-electron chi connectivity index (χ1n) is 19.2. The van der Waals surface area contributed by atoms with Crippen LogP contribution in [-0.2, 0) is 0 Å². The summed E-state index contributed by atoms with van der Waals surface area (Å²) in [6, 6.07) is 82.9. The standard InChI is InChI=1S/C54H38N2/c1-4-17-39(18-5-1)40-31-35-44(36-32-40)55(51-28-14-12-24-47(51)41-19-6-2-7-20-41)45-37-33-42(34-38-45)46-23-10-11-25-48(46)49-27-16-30-53-54(49)50-26-13-15-29-52(50)56(53)43-21-8-3-9-22-43/h1-38H. The van der Waals surface area contributed by atoms with E-state index in [1.807, 2.05) is 0 Å². The van der Waals surface area contributed by atoms with Gasteiger partial charge in [0, 0.05) is 33.4 Å². The van der Waals surface area contributed by atoms with Crippen molar-refractivity contribution in [3.05, 3.63) is 231 Å². The van der Waals surface area contributed by atoms with Crippen LogP contribution in [0, 0.1) is 0 Å². The number of nitrogens with zero attached hydrogens (tertiary/aromatic N) is 2. The van der Waals surface area contributed by atoms with Gasteiger partial charge in [-0.15, -0.1) is 0 Å². The molecule has 10 aromatic rings. The molecule has 0 saturated heterocycles. The van der Waals surface area contributed by atoms with E-state index in [1.54, 1.807) is 0 Å². The van der Waals surface area contributed by atoms with Crippen molar-refractivity contribution in [1.82, 2.24) is 4.57 Å². The third-order valence-electron chi connectivity index (χ3n) is 10.8. The number of anilines is 3. The Morgan fingerprint density at radius 3 is 1.45 bits per heavy atom. The average Bonchev–Trinajstić information content (AvgIpc) is 3.63. The monoisotopic (exact) mass is 714 g/mol. The van der Waals surface area contributed by atoms with Crippen LogP contribution < -0.4 is 4.90 Å². The molecule has 0 spiro atoms. The molecule has 0 fully saturated rings. The maximum atomic E-state index is 2.39. The zero-order valence-corrected chi connectivity index (χ0v) is 30.8. The van der Waals surface area contributed by atoms with Gasteiger partial charge in [0.05, 0.1) is 16.7 Å². The van der Waals surface area contributed by atoms with Gasteiger partial charge in [0.1, 0.15) is 0 Å². The summed E-state index contributed by atoms with van der Waals surface area (Å²) in [5, 5.41) is 2.51. The molecule has 56 heavy (non-hydrogen) atoms. The van der Waals surface area contributed by atoms with Gasteiger partial charge in [-0.1, -0.05) is 176 Å². The van der Waals surface area contributed by atoms with Crippen molar-refractivity contribution in [3.8, 4) is 50.2 Å². The van der Waals surface area contributed by atoms with Crippen LogP contribution in [-0.4, -0.2) is 4.57 Å². The van der Waals surface area contributed by atoms with Crippen LogP contribution in [0.3, 0.4) is 0 Å². The molecule has 0 N–H and O–H groups in total. The summed E-state index contributed by atoms with van der Waals surface area (Å²) in [6.45, 7) is 0. The molecule has 10 rings (SSSR count). The number of hydrogen-bond acceptors (Lipinski definition) is 1. The molecular weight excluding hydrogens is 677 g/mol. The molecule has 0 aliphatic rings. The summed E-state index contributed by atoms with van der Waals surface area (Å²) in [6.07, 6.45) is 0. The maximum Gasteiger partial charge on any atom is 0.0547 e. The van der Waals surface area contributed by atoms with Crippen molar-refractivity contribution in [1.29, 1.82) is 0 Å². The van der Waals surface area contributed by atoms with Crippen molar-refractivity contribution < 1.29 is 0 Å². The van der Waals surface area contributed by atoms with E-state index in [1.165, 1.54) is 66.3 Å². The molecule has 1 heterocycles. The minimum absolute atomic E-state index is 1.09. The second-order valence-corrected chi connectivity index (χ2v) is 14.1. The Bertz CT molecular complexity index is 2930. The van der Waals surface area contributed by atoms with Crippen LogP contribution >= 0.6 is 0 Å². The molecule has 0 unspecified atom stereocenters. The van der Waals surface area contributed by atoms with E-state index >= 15 is 0 Å². The molecular formula is C54H38N2. The minimum atomic E-state index is 1.09. The average molecular weight is 715 g/mol. The van der Waals surface area contributed by atoms with Gasteiger partial charge in [-0.3, -0.25) is 0 Å². The second-order valence-electron chi connectivity index (χ2n) is 14.1. The van der Waals surface area contributed by atoms with E-state index in [4.69, 9.17) is 0 Å². The molecule has 0 aliphatic carbocycles. The minimum Gasteiger partial charge on any atom is -0.310 e. The number of fused-ring (bicyclic) bond motifs is 3. The zero-order chi connectivity index (χ0) is 37.3. The molecule has 2 heteroatoms. The van der Waals surface area contributed by atoms with E-state index < -0.39 is 0 Å². The van der Waals surface area contributed by atoms with Gasteiger partial charge in [-0.2, -0.15) is 0 Å². The first-order valence-corrected chi connectivity index (χ1v) is 19.2. The number of benzene rings is 9. The number of rotatable bonds is 8. The van der Waals surface area contributed by atoms with Crippen LogP contribution in [0.5, 0.6) is 0 Å². The quantitative estimate of drug-likeness (QED) is 0.152. The second kappa shape index (κ2) is 14.4. The summed E-state index contributed by atoms with van der Waals surface area (Å²) >= 11 is 0. The number of aromatic nitrogens is 1. The Morgan fingerprint density at radius 2 is 0.750 bits per heavy atom. The van der Waals surface area contributed by atoms with Gasteiger partial charge in [-0.05, 0) is 93.5 Å². The third kappa shape index (κ3) is 5.95. The SMILES string of the molecule is c1ccc(-c2ccc(N(c3ccc(-c4ccccc4-c4cccc5c4c4ccccc4n5-c4ccccc4)cc3)c3ccccc3-c3ccccc3)cc2)cc1. The molecule has 0 saturated carbocycles. The summed E-state index contributed by atoms with van der Waals surface area (Å²) in [7, 11) is 0. The van der Waals surface area contributed by atoms with Crippen molar-refractivity contribution >= 4 is 38.9 Å². The van der Waals surface area contributed by atoms with E-state index in [2.05, 4.69) is 240 Å². The highest BCUT2D eigenvalue weighted by Gasteiger charge is 2.20. The van der Waals surface area contributed by atoms with Crippen molar-refractivity contribution in [2.24, 2.45) is 0 Å². The van der Waals surface area contributed by atoms with E-state index in [0.717, 1.165) is 22.7 Å². The van der Waals surface area contributed by atoms with Crippen molar-refractivity contribution in [3.63, 3.8) is 0 Å². The highest BCUT2D eigenvalue weighted by atomic mass is 15.1. The molecule has 0 radical (unpaired) electrons. The van der Waals surface area contributed by atoms with Crippen molar-refractivity contribution in [2.75, 3.05) is 4.90 Å². The highest BCUT2D eigenvalue weighted by molar-refractivity contribution is 6.16. The molecule has 0 bridgehead atoms. The van der Waals surface area contributed by atoms with Gasteiger partial charge in [0.2, 0.25) is 0 Å². The maximum absolute atomic E-state index is 2.39. The summed E-state index contributed by atoms with van der Waals surface area (Å²) in [5.41, 5.74) is 16.5. The Kier molecular flexibility index (Phi) is 8.55. The Morgan fingerprint density at radius 1 is 0.286 bits per heavy atom. The first-order chi connectivity index (χ1) is 27.8. The van der Waals surface area contributed by atoms with E-state index in [-0.39, 0.29) is 0 Å². The van der Waals surface area contributed by atoms with E-state index in [9.17, 15) is 0 Å². The number of hydrogen-bond donors (Lipinski definition) is 0. The van der Waals surface area contributed by atoms with Gasteiger partial charge >= 0.3 is 0 Å². The van der Waals surface area contributed by atoms with Crippen LogP contribution in [0.4, 0.5) is 17.1 Å². The van der Waals surface area contributed by atoms with E-state index in [0.29, 0.717) is 0 Å². The van der Waals surface area contributed by atoms with Gasteiger partial charge < -0.3 is 9.47 Å². The molecule has 0 atom stereocenters. The largest absolute Gasteiger partial charge is 0.310 e. The zero-order valence-electron chi connectivity index (χ0n) is 30.8. The fraction of sp³-hybridized carbons (Fsp3) is 0. The van der Waals surface area contributed by atoms with Gasteiger partial charge in [-0.25, -0.2) is 0 Å². The fourth-order valence-corrected chi connectivity index (χ4v) is 8.25. The summed E-state index contributed by atoms with van der Waals surface area (Å²) < 4.78 is 2.39. The summed E-state index contributed by atoms with van der Waals surface area (Å²) in [5.74, 6) is 0. The van der Waals surface area contributed by atoms with Crippen LogP contribution in [0.15, 0.2) is 231 Å². The molecule has 1 aromatic heterocycles. The lowest BCUT2D eigenvalue weighted by molar-refractivity contribution is 1.18. The lowest BCUT2D eigenvalue weighted by atomic mass is 9.92. The van der Waals surface area contributed by atoms with Crippen LogP contribution in [0.1, 0.15) is 0 Å². The van der Waals surface area contributed by atoms with Crippen LogP contribution in [0.2, 0.25) is 0 Å². The smallest absolute Gasteiger partial charge is 0.0547 e. The lowest BCUT2D eigenvalue weighted by Gasteiger charge is -2.28. The first kappa shape index (κ1) is 33.2. The molecule has 2 nitrogen and oxygen atoms in total. The van der Waals surface area contributed by atoms with Gasteiger partial charge in [0.15, 0.2) is 0 Å². The fourth-order valence-electron chi connectivity index (χ4n) is 8.25. The molecule has 9 aromatic carbocycles. The van der Waals surface area contributed by atoms with Crippen LogP contribution in [0.25, 0.3) is 72.0 Å². The lowest BCUT2D eigenvalue weighted by Crippen LogP contribution is -2.11. The molecule has 264 valence electrons. The number of para-hydroxylation sites is 3. The highest BCUT2D eigenvalue weighted by Crippen LogP contribution is 2.44. The van der Waals surface area contributed by atoms with Gasteiger partial charge in [0.25, 0.3) is 0 Å². The predicted octanol–water partition coefficient (Wildman–Crippen LogP) is 14.9. The molecule has 0 amide bonds. The Hall–Kier alpha value is -7.42. The molecule has 0 aliphatic heterocycles. The Labute approximate surface area is 327 Å². The topological polar surface area (TPSA) is 8.17 Å². The Balaban J connectivity index is 1.10. The summed E-state index contributed by atoms with van der Waals surface area (Å²) in [4.78, 5) is 2.38. The third-order valence-corrected chi connectivity index (χ3v) is 10.8. The van der Waals surface area contributed by atoms with Crippen molar-refractivity contribution in [2.45, 2.75) is 0 Å². The normalized spacial score (nSPS) is 11.2. The predicted molar refractivity (Wildman–Crippen MR) is 237 cm³/mol.